The summed E-state index contributed by atoms with van der Waals surface area (Å²) in [4.78, 5) is 15.0. The Morgan fingerprint density at radius 3 is 2.72 bits per heavy atom. The van der Waals surface area contributed by atoms with Gasteiger partial charge in [0.15, 0.2) is 0 Å². The molecule has 0 aliphatic carbocycles. The maximum absolute atomic E-state index is 12.6. The lowest BCUT2D eigenvalue weighted by molar-refractivity contribution is -0.121. The Morgan fingerprint density at radius 1 is 1.20 bits per heavy atom. The number of carbonyl (C=O) groups excluding carboxylic acids is 1. The summed E-state index contributed by atoms with van der Waals surface area (Å²) in [5.41, 5.74) is 1.83. The van der Waals surface area contributed by atoms with Gasteiger partial charge < -0.3 is 5.32 Å². The fourth-order valence-electron chi connectivity index (χ4n) is 3.09. The zero-order valence-corrected chi connectivity index (χ0v) is 16.7. The van der Waals surface area contributed by atoms with E-state index in [0.717, 1.165) is 36.9 Å². The van der Waals surface area contributed by atoms with E-state index >= 15 is 0 Å². The normalized spacial score (nSPS) is 18.1. The third-order valence-electron chi connectivity index (χ3n) is 4.38. The van der Waals surface area contributed by atoms with E-state index in [1.807, 2.05) is 12.1 Å². The van der Waals surface area contributed by atoms with Crippen LogP contribution in [-0.4, -0.2) is 23.9 Å². The van der Waals surface area contributed by atoms with Gasteiger partial charge in [0.25, 0.3) is 0 Å². The minimum absolute atomic E-state index is 0.00433. The Balaban J connectivity index is 1.61. The minimum Gasteiger partial charge on any atom is -0.324 e. The van der Waals surface area contributed by atoms with Crippen LogP contribution in [0.25, 0.3) is 0 Å². The summed E-state index contributed by atoms with van der Waals surface area (Å²) in [7, 11) is 0. The van der Waals surface area contributed by atoms with Gasteiger partial charge in [-0.05, 0) is 55.3 Å². The van der Waals surface area contributed by atoms with Crippen molar-refractivity contribution in [2.24, 2.45) is 5.92 Å². The molecule has 1 unspecified atom stereocenters. The summed E-state index contributed by atoms with van der Waals surface area (Å²) in [5, 5.41) is 3.98. The Bertz CT molecular complexity index is 752. The Kier molecular flexibility index (Phi) is 6.39. The lowest BCUT2D eigenvalue weighted by Crippen LogP contribution is -2.40. The molecule has 3 rings (SSSR count). The van der Waals surface area contributed by atoms with Gasteiger partial charge in [0.2, 0.25) is 5.91 Å². The third kappa shape index (κ3) is 5.20. The van der Waals surface area contributed by atoms with E-state index in [1.54, 1.807) is 18.2 Å². The molecule has 0 aromatic heterocycles. The summed E-state index contributed by atoms with van der Waals surface area (Å²) in [6.07, 6.45) is 1.90. The Morgan fingerprint density at radius 2 is 1.96 bits per heavy atom. The number of piperidine rings is 1. The molecular formula is C19H19BrCl2N2O. The van der Waals surface area contributed by atoms with Crippen molar-refractivity contribution >= 4 is 50.7 Å². The highest BCUT2D eigenvalue weighted by Crippen LogP contribution is 2.27. The van der Waals surface area contributed by atoms with Crippen molar-refractivity contribution in [3.8, 4) is 0 Å². The molecule has 1 N–H and O–H groups in total. The van der Waals surface area contributed by atoms with Gasteiger partial charge in [0.05, 0.1) is 16.6 Å². The van der Waals surface area contributed by atoms with Crippen LogP contribution in [0.15, 0.2) is 46.9 Å². The first-order chi connectivity index (χ1) is 12.0. The molecule has 2 aromatic rings. The van der Waals surface area contributed by atoms with Crippen LogP contribution in [0.4, 0.5) is 5.69 Å². The smallest absolute Gasteiger partial charge is 0.228 e. The summed E-state index contributed by atoms with van der Waals surface area (Å²) < 4.78 is 1.07. The van der Waals surface area contributed by atoms with Crippen LogP contribution in [0.3, 0.4) is 0 Å². The number of likely N-dealkylation sites (tertiary alicyclic amines) is 1. The van der Waals surface area contributed by atoms with Crippen molar-refractivity contribution in [2.75, 3.05) is 18.4 Å². The standard InChI is InChI=1S/C19H19BrCl2N2O/c20-15-5-3-13(4-6-15)11-24-9-1-2-14(12-24)19(25)23-18-10-16(21)7-8-17(18)22/h3-8,10,14H,1-2,9,11-12H2,(H,23,25). The van der Waals surface area contributed by atoms with Crippen molar-refractivity contribution in [3.05, 3.63) is 62.5 Å². The van der Waals surface area contributed by atoms with E-state index in [4.69, 9.17) is 23.2 Å². The first kappa shape index (κ1) is 18.7. The Hall–Kier alpha value is -1.07. The molecule has 0 radical (unpaired) electrons. The van der Waals surface area contributed by atoms with E-state index in [9.17, 15) is 4.79 Å². The van der Waals surface area contributed by atoms with Gasteiger partial charge >= 0.3 is 0 Å². The predicted molar refractivity (Wildman–Crippen MR) is 107 cm³/mol. The monoisotopic (exact) mass is 440 g/mol. The number of hydrogen-bond donors (Lipinski definition) is 1. The number of carbonyl (C=O) groups is 1. The van der Waals surface area contributed by atoms with Crippen LogP contribution in [0.1, 0.15) is 18.4 Å². The third-order valence-corrected chi connectivity index (χ3v) is 5.48. The van der Waals surface area contributed by atoms with Crippen molar-refractivity contribution in [1.29, 1.82) is 0 Å². The number of nitrogens with zero attached hydrogens (tertiary/aromatic N) is 1. The van der Waals surface area contributed by atoms with E-state index in [-0.39, 0.29) is 11.8 Å². The summed E-state index contributed by atoms with van der Waals surface area (Å²) in [6, 6.07) is 13.4. The van der Waals surface area contributed by atoms with Crippen molar-refractivity contribution in [3.63, 3.8) is 0 Å². The summed E-state index contributed by atoms with van der Waals surface area (Å²) in [5.74, 6) is -0.0380. The summed E-state index contributed by atoms with van der Waals surface area (Å²) in [6.45, 7) is 2.62. The van der Waals surface area contributed by atoms with Gasteiger partial charge in [0, 0.05) is 22.6 Å². The first-order valence-corrected chi connectivity index (χ1v) is 9.79. The lowest BCUT2D eigenvalue weighted by atomic mass is 9.96. The van der Waals surface area contributed by atoms with Crippen molar-refractivity contribution in [1.82, 2.24) is 4.90 Å². The van der Waals surface area contributed by atoms with Crippen LogP contribution in [0, 0.1) is 5.92 Å². The largest absolute Gasteiger partial charge is 0.324 e. The number of benzene rings is 2. The van der Waals surface area contributed by atoms with Crippen LogP contribution in [0.2, 0.25) is 10.0 Å². The Labute approximate surface area is 166 Å². The number of rotatable bonds is 4. The topological polar surface area (TPSA) is 32.3 Å². The molecule has 1 heterocycles. The van der Waals surface area contributed by atoms with Crippen LogP contribution >= 0.6 is 39.1 Å². The molecule has 6 heteroatoms. The molecule has 1 amide bonds. The highest BCUT2D eigenvalue weighted by molar-refractivity contribution is 9.10. The van der Waals surface area contributed by atoms with Gasteiger partial charge in [-0.25, -0.2) is 0 Å². The maximum Gasteiger partial charge on any atom is 0.228 e. The summed E-state index contributed by atoms with van der Waals surface area (Å²) >= 11 is 15.6. The second-order valence-corrected chi connectivity index (χ2v) is 8.07. The maximum atomic E-state index is 12.6. The van der Waals surface area contributed by atoms with Gasteiger partial charge in [0.1, 0.15) is 0 Å². The van der Waals surface area contributed by atoms with Crippen LogP contribution < -0.4 is 5.32 Å². The number of halogens is 3. The van der Waals surface area contributed by atoms with Crippen LogP contribution in [0.5, 0.6) is 0 Å². The molecule has 1 saturated heterocycles. The zero-order chi connectivity index (χ0) is 17.8. The fourth-order valence-corrected chi connectivity index (χ4v) is 3.69. The minimum atomic E-state index is -0.0424. The SMILES string of the molecule is O=C(Nc1cc(Cl)ccc1Cl)C1CCCN(Cc2ccc(Br)cc2)C1. The second kappa shape index (κ2) is 8.54. The molecule has 1 aliphatic heterocycles. The predicted octanol–water partition coefficient (Wildman–Crippen LogP) is 5.61. The van der Waals surface area contributed by atoms with Crippen molar-refractivity contribution in [2.45, 2.75) is 19.4 Å². The van der Waals surface area contributed by atoms with Gasteiger partial charge in [-0.3, -0.25) is 9.69 Å². The lowest BCUT2D eigenvalue weighted by Gasteiger charge is -2.32. The molecule has 1 atom stereocenters. The molecule has 0 bridgehead atoms. The molecule has 132 valence electrons. The molecule has 0 spiro atoms. The van der Waals surface area contributed by atoms with Crippen molar-refractivity contribution < 1.29 is 4.79 Å². The first-order valence-electron chi connectivity index (χ1n) is 8.24. The fraction of sp³-hybridized carbons (Fsp3) is 0.316. The van der Waals surface area contributed by atoms with Gasteiger partial charge in [-0.2, -0.15) is 0 Å². The van der Waals surface area contributed by atoms with Gasteiger partial charge in [-0.1, -0.05) is 51.3 Å². The number of nitrogens with one attached hydrogen (secondary N) is 1. The number of anilines is 1. The molecule has 1 fully saturated rings. The van der Waals surface area contributed by atoms with E-state index in [2.05, 4.69) is 38.3 Å². The van der Waals surface area contributed by atoms with E-state index < -0.39 is 0 Å². The number of amides is 1. The molecule has 1 aliphatic rings. The number of hydrogen-bond acceptors (Lipinski definition) is 2. The van der Waals surface area contributed by atoms with E-state index in [1.165, 1.54) is 5.56 Å². The molecule has 3 nitrogen and oxygen atoms in total. The second-order valence-electron chi connectivity index (χ2n) is 6.31. The van der Waals surface area contributed by atoms with E-state index in [0.29, 0.717) is 15.7 Å². The van der Waals surface area contributed by atoms with Gasteiger partial charge in [-0.15, -0.1) is 0 Å². The quantitative estimate of drug-likeness (QED) is 0.668. The average Bonchev–Trinajstić information content (AvgIpc) is 2.60. The molecule has 0 saturated carbocycles. The molecule has 25 heavy (non-hydrogen) atoms. The average molecular weight is 442 g/mol. The zero-order valence-electron chi connectivity index (χ0n) is 13.6. The van der Waals surface area contributed by atoms with Crippen LogP contribution in [-0.2, 0) is 11.3 Å². The highest BCUT2D eigenvalue weighted by atomic mass is 79.9. The molecule has 2 aromatic carbocycles. The molecular weight excluding hydrogens is 423 g/mol. The highest BCUT2D eigenvalue weighted by Gasteiger charge is 2.26.